The molecule has 0 radical (unpaired) electrons. The van der Waals surface area contributed by atoms with E-state index in [0.29, 0.717) is 19.4 Å². The Morgan fingerprint density at radius 2 is 1.95 bits per heavy atom. The molecular weight excluding hydrogens is 258 g/mol. The Labute approximate surface area is 118 Å². The number of nitrogens with zero attached hydrogens (tertiary/aromatic N) is 1. The summed E-state index contributed by atoms with van der Waals surface area (Å²) in [5.74, 6) is -1.16. The minimum Gasteiger partial charge on any atom is -0.479 e. The molecule has 20 heavy (non-hydrogen) atoms. The summed E-state index contributed by atoms with van der Waals surface area (Å²) in [6.45, 7) is 4.37. The van der Waals surface area contributed by atoms with Crippen molar-refractivity contribution in [3.05, 3.63) is 29.8 Å². The molecule has 5 nitrogen and oxygen atoms in total. The summed E-state index contributed by atoms with van der Waals surface area (Å²) in [5.41, 5.74) is 1.86. The summed E-state index contributed by atoms with van der Waals surface area (Å²) < 4.78 is 5.34. The molecule has 1 aliphatic heterocycles. The second-order valence-corrected chi connectivity index (χ2v) is 4.90. The zero-order valence-corrected chi connectivity index (χ0v) is 11.7. The lowest BCUT2D eigenvalue weighted by Crippen LogP contribution is -2.40. The van der Waals surface area contributed by atoms with Gasteiger partial charge in [-0.05, 0) is 38.3 Å². The number of hydrogen-bond donors (Lipinski definition) is 1. The van der Waals surface area contributed by atoms with Gasteiger partial charge in [0, 0.05) is 12.2 Å². The van der Waals surface area contributed by atoms with Crippen LogP contribution in [0.15, 0.2) is 24.3 Å². The Morgan fingerprint density at radius 3 is 2.50 bits per heavy atom. The van der Waals surface area contributed by atoms with Crippen LogP contribution in [0.2, 0.25) is 0 Å². The smallest absolute Gasteiger partial charge is 0.332 e. The number of anilines is 1. The van der Waals surface area contributed by atoms with E-state index in [0.717, 1.165) is 11.3 Å². The van der Waals surface area contributed by atoms with Gasteiger partial charge in [0.25, 0.3) is 5.91 Å². The molecule has 1 heterocycles. The summed E-state index contributed by atoms with van der Waals surface area (Å²) in [5, 5.41) is 8.92. The summed E-state index contributed by atoms with van der Waals surface area (Å²) in [6, 6.07) is 7.64. The van der Waals surface area contributed by atoms with E-state index < -0.39 is 18.2 Å². The van der Waals surface area contributed by atoms with E-state index in [1.807, 2.05) is 38.1 Å². The molecule has 108 valence electrons. The molecular formula is C15H19NO4. The fourth-order valence-electron chi connectivity index (χ4n) is 2.49. The number of rotatable bonds is 4. The van der Waals surface area contributed by atoms with Gasteiger partial charge in [-0.3, -0.25) is 4.79 Å². The quantitative estimate of drug-likeness (QED) is 0.913. The third-order valence-electron chi connectivity index (χ3n) is 3.56. The highest BCUT2D eigenvalue weighted by Gasteiger charge is 2.37. The molecule has 0 saturated carbocycles. The second-order valence-electron chi connectivity index (χ2n) is 4.90. The zero-order valence-electron chi connectivity index (χ0n) is 11.7. The number of carboxylic acids is 1. The monoisotopic (exact) mass is 277 g/mol. The molecule has 0 spiro atoms. The van der Waals surface area contributed by atoms with Crippen LogP contribution in [0.1, 0.15) is 25.3 Å². The molecule has 2 rings (SSSR count). The molecule has 1 fully saturated rings. The normalized spacial score (nSPS) is 21.7. The Bertz CT molecular complexity index is 514. The number of aliphatic carboxylic acids is 1. The largest absolute Gasteiger partial charge is 0.479 e. The van der Waals surface area contributed by atoms with Crippen molar-refractivity contribution in [2.45, 2.75) is 38.9 Å². The van der Waals surface area contributed by atoms with E-state index in [1.54, 1.807) is 4.90 Å². The number of ether oxygens (including phenoxy) is 1. The topological polar surface area (TPSA) is 66.8 Å². The zero-order chi connectivity index (χ0) is 14.7. The van der Waals surface area contributed by atoms with Crippen molar-refractivity contribution in [2.75, 3.05) is 11.4 Å². The first-order valence-electron chi connectivity index (χ1n) is 6.80. The summed E-state index contributed by atoms with van der Waals surface area (Å²) in [6.07, 6.45) is -0.676. The molecule has 1 aromatic rings. The third kappa shape index (κ3) is 2.82. The highest BCUT2D eigenvalue weighted by molar-refractivity contribution is 5.97. The lowest BCUT2D eigenvalue weighted by Gasteiger charge is -2.25. The first-order valence-corrected chi connectivity index (χ1v) is 6.80. The highest BCUT2D eigenvalue weighted by atomic mass is 16.5. The lowest BCUT2D eigenvalue weighted by molar-refractivity contribution is -0.151. The van der Waals surface area contributed by atoms with Gasteiger partial charge in [-0.15, -0.1) is 0 Å². The van der Waals surface area contributed by atoms with Gasteiger partial charge < -0.3 is 14.7 Å². The molecule has 1 N–H and O–H groups in total. The summed E-state index contributed by atoms with van der Waals surface area (Å²) in [4.78, 5) is 25.0. The van der Waals surface area contributed by atoms with Crippen LogP contribution in [0, 0.1) is 6.92 Å². The molecule has 1 aliphatic rings. The van der Waals surface area contributed by atoms with Crippen molar-refractivity contribution in [1.29, 1.82) is 0 Å². The highest BCUT2D eigenvalue weighted by Crippen LogP contribution is 2.26. The van der Waals surface area contributed by atoms with E-state index >= 15 is 0 Å². The number of likely N-dealkylation sites (N-methyl/N-ethyl adjacent to an activating group) is 1. The number of hydrogen-bond acceptors (Lipinski definition) is 3. The Hall–Kier alpha value is -1.88. The number of para-hydroxylation sites is 1. The maximum atomic E-state index is 12.5. The van der Waals surface area contributed by atoms with Crippen LogP contribution >= 0.6 is 0 Å². The maximum Gasteiger partial charge on any atom is 0.332 e. The Balaban J connectivity index is 2.15. The molecule has 1 saturated heterocycles. The second kappa shape index (κ2) is 6.05. The fraction of sp³-hybridized carbons (Fsp3) is 0.467. The van der Waals surface area contributed by atoms with Crippen molar-refractivity contribution in [3.63, 3.8) is 0 Å². The maximum absolute atomic E-state index is 12.5. The van der Waals surface area contributed by atoms with Gasteiger partial charge in [0.15, 0.2) is 6.10 Å². The number of carbonyl (C=O) groups excluding carboxylic acids is 1. The molecule has 1 aromatic carbocycles. The Kier molecular flexibility index (Phi) is 4.39. The van der Waals surface area contributed by atoms with E-state index in [4.69, 9.17) is 9.84 Å². The van der Waals surface area contributed by atoms with E-state index in [2.05, 4.69) is 0 Å². The van der Waals surface area contributed by atoms with Gasteiger partial charge in [0.1, 0.15) is 6.10 Å². The van der Waals surface area contributed by atoms with Crippen molar-refractivity contribution in [2.24, 2.45) is 0 Å². The number of amides is 1. The van der Waals surface area contributed by atoms with Crippen LogP contribution in [-0.4, -0.2) is 35.7 Å². The molecule has 0 aliphatic carbocycles. The van der Waals surface area contributed by atoms with Crippen molar-refractivity contribution >= 4 is 17.6 Å². The van der Waals surface area contributed by atoms with Crippen molar-refractivity contribution in [1.82, 2.24) is 0 Å². The van der Waals surface area contributed by atoms with Gasteiger partial charge in [-0.25, -0.2) is 4.79 Å². The molecule has 0 bridgehead atoms. The summed E-state index contributed by atoms with van der Waals surface area (Å²) in [7, 11) is 0. The van der Waals surface area contributed by atoms with E-state index in [1.165, 1.54) is 0 Å². The average molecular weight is 277 g/mol. The van der Waals surface area contributed by atoms with Gasteiger partial charge in [-0.2, -0.15) is 0 Å². The minimum absolute atomic E-state index is 0.162. The van der Waals surface area contributed by atoms with Gasteiger partial charge in [0.05, 0.1) is 0 Å². The van der Waals surface area contributed by atoms with E-state index in [9.17, 15) is 9.59 Å². The van der Waals surface area contributed by atoms with Gasteiger partial charge >= 0.3 is 5.97 Å². The third-order valence-corrected chi connectivity index (χ3v) is 3.56. The number of aryl methyl sites for hydroxylation is 1. The van der Waals surface area contributed by atoms with Crippen LogP contribution in [-0.2, 0) is 14.3 Å². The van der Waals surface area contributed by atoms with E-state index in [-0.39, 0.29) is 5.91 Å². The molecule has 5 heteroatoms. The average Bonchev–Trinajstić information content (AvgIpc) is 2.91. The SMILES string of the molecule is CCN(C(=O)[C@@H]1CC[C@H](C(=O)O)O1)c1ccccc1C. The van der Waals surface area contributed by atoms with Crippen LogP contribution in [0.4, 0.5) is 5.69 Å². The fourth-order valence-corrected chi connectivity index (χ4v) is 2.49. The van der Waals surface area contributed by atoms with Gasteiger partial charge in [-0.1, -0.05) is 18.2 Å². The number of carboxylic acid groups (broad SMARTS) is 1. The molecule has 1 amide bonds. The first-order chi connectivity index (χ1) is 9.54. The predicted octanol–water partition coefficient (Wildman–Crippen LogP) is 1.98. The predicted molar refractivity (Wildman–Crippen MR) is 74.7 cm³/mol. The van der Waals surface area contributed by atoms with Crippen molar-refractivity contribution < 1.29 is 19.4 Å². The van der Waals surface area contributed by atoms with Crippen LogP contribution < -0.4 is 4.90 Å². The Morgan fingerprint density at radius 1 is 1.30 bits per heavy atom. The first kappa shape index (κ1) is 14.5. The molecule has 2 atom stereocenters. The molecule has 0 aromatic heterocycles. The lowest BCUT2D eigenvalue weighted by atomic mass is 10.1. The number of carbonyl (C=O) groups is 2. The van der Waals surface area contributed by atoms with Crippen LogP contribution in [0.3, 0.4) is 0 Å². The van der Waals surface area contributed by atoms with Crippen LogP contribution in [0.5, 0.6) is 0 Å². The minimum atomic E-state index is -1.00. The summed E-state index contributed by atoms with van der Waals surface area (Å²) >= 11 is 0. The van der Waals surface area contributed by atoms with Crippen LogP contribution in [0.25, 0.3) is 0 Å². The molecule has 0 unspecified atom stereocenters. The standard InChI is InChI=1S/C15H19NO4/c1-3-16(11-7-5-4-6-10(11)2)14(17)12-8-9-13(20-12)15(18)19/h4-7,12-13H,3,8-9H2,1-2H3,(H,18,19)/t12-,13+/m0/s1. The number of benzene rings is 1. The van der Waals surface area contributed by atoms with Crippen molar-refractivity contribution in [3.8, 4) is 0 Å². The van der Waals surface area contributed by atoms with Gasteiger partial charge in [0.2, 0.25) is 0 Å².